The molecule has 3 nitrogen and oxygen atoms in total. The minimum atomic E-state index is -0.0958. The molecule has 0 unspecified atom stereocenters. The maximum absolute atomic E-state index is 11.9. The van der Waals surface area contributed by atoms with Gasteiger partial charge in [0.05, 0.1) is 5.02 Å². The van der Waals surface area contributed by atoms with Crippen LogP contribution in [-0.2, 0) is 0 Å². The van der Waals surface area contributed by atoms with Gasteiger partial charge in [0.25, 0.3) is 5.91 Å². The Morgan fingerprint density at radius 1 is 1.50 bits per heavy atom. The first-order valence-electron chi connectivity index (χ1n) is 5.85. The van der Waals surface area contributed by atoms with Gasteiger partial charge in [-0.1, -0.05) is 11.6 Å². The third-order valence-corrected chi connectivity index (χ3v) is 4.05. The third kappa shape index (κ3) is 4.59. The monoisotopic (exact) mass is 332 g/mol. The van der Waals surface area contributed by atoms with Crippen LogP contribution in [0.2, 0.25) is 5.02 Å². The van der Waals surface area contributed by atoms with E-state index in [0.717, 1.165) is 11.0 Å². The van der Waals surface area contributed by atoms with Gasteiger partial charge in [-0.2, -0.15) is 0 Å². The topological polar surface area (TPSA) is 32.3 Å². The van der Waals surface area contributed by atoms with E-state index in [1.54, 1.807) is 18.2 Å². The molecular formula is C13H18BrClN2O. The van der Waals surface area contributed by atoms with Crippen molar-refractivity contribution in [3.05, 3.63) is 33.3 Å². The van der Waals surface area contributed by atoms with E-state index in [-0.39, 0.29) is 5.91 Å². The van der Waals surface area contributed by atoms with Crippen molar-refractivity contribution in [3.8, 4) is 0 Å². The number of carbonyl (C=O) groups is 1. The first-order chi connectivity index (χ1) is 8.41. The quantitative estimate of drug-likeness (QED) is 0.897. The van der Waals surface area contributed by atoms with E-state index in [4.69, 9.17) is 11.6 Å². The number of nitrogens with zero attached hydrogens (tertiary/aromatic N) is 1. The Hall–Kier alpha value is -0.580. The van der Waals surface area contributed by atoms with Crippen LogP contribution < -0.4 is 5.32 Å². The summed E-state index contributed by atoms with van der Waals surface area (Å²) in [5.74, 6) is -0.0958. The predicted octanol–water partition coefficient (Wildman–Crippen LogP) is 3.17. The molecule has 18 heavy (non-hydrogen) atoms. The molecule has 1 aromatic rings. The van der Waals surface area contributed by atoms with Crippen molar-refractivity contribution in [1.82, 2.24) is 10.2 Å². The summed E-state index contributed by atoms with van der Waals surface area (Å²) in [6, 6.07) is 5.66. The molecule has 0 fully saturated rings. The summed E-state index contributed by atoms with van der Waals surface area (Å²) in [6.07, 6.45) is 0. The molecule has 0 heterocycles. The minimum absolute atomic E-state index is 0.0958. The number of rotatable bonds is 5. The summed E-state index contributed by atoms with van der Waals surface area (Å²) in [4.78, 5) is 14.0. The van der Waals surface area contributed by atoms with Gasteiger partial charge in [-0.05, 0) is 55.0 Å². The van der Waals surface area contributed by atoms with Gasteiger partial charge in [0.1, 0.15) is 0 Å². The van der Waals surface area contributed by atoms with Gasteiger partial charge in [-0.15, -0.1) is 0 Å². The SMILES string of the molecule is CC(C)N(C)CCNC(=O)c1ccc(Br)c(Cl)c1. The second-order valence-corrected chi connectivity index (χ2v) is 5.72. The Bertz CT molecular complexity index is 423. The number of amides is 1. The van der Waals surface area contributed by atoms with Crippen molar-refractivity contribution in [2.75, 3.05) is 20.1 Å². The summed E-state index contributed by atoms with van der Waals surface area (Å²) in [5, 5.41) is 3.42. The average Bonchev–Trinajstić information content (AvgIpc) is 2.32. The molecule has 0 aromatic heterocycles. The Morgan fingerprint density at radius 2 is 2.17 bits per heavy atom. The van der Waals surface area contributed by atoms with Crippen LogP contribution in [0.4, 0.5) is 0 Å². The lowest BCUT2D eigenvalue weighted by atomic mass is 10.2. The van der Waals surface area contributed by atoms with E-state index < -0.39 is 0 Å². The summed E-state index contributed by atoms with van der Waals surface area (Å²) in [6.45, 7) is 5.70. The van der Waals surface area contributed by atoms with Gasteiger partial charge in [-0.3, -0.25) is 4.79 Å². The van der Waals surface area contributed by atoms with Crippen LogP contribution in [0.15, 0.2) is 22.7 Å². The number of halogens is 2. The molecule has 5 heteroatoms. The van der Waals surface area contributed by atoms with E-state index in [0.29, 0.717) is 23.2 Å². The van der Waals surface area contributed by atoms with Gasteiger partial charge in [0.15, 0.2) is 0 Å². The standard InChI is InChI=1S/C13H18BrClN2O/c1-9(2)17(3)7-6-16-13(18)10-4-5-11(14)12(15)8-10/h4-5,8-9H,6-7H2,1-3H3,(H,16,18). The summed E-state index contributed by atoms with van der Waals surface area (Å²) in [5.41, 5.74) is 0.579. The normalized spacial score (nSPS) is 11.1. The Morgan fingerprint density at radius 3 is 2.72 bits per heavy atom. The molecule has 0 radical (unpaired) electrons. The Kier molecular flexibility index (Phi) is 6.12. The third-order valence-electron chi connectivity index (χ3n) is 2.81. The molecule has 0 spiro atoms. The van der Waals surface area contributed by atoms with E-state index in [1.807, 2.05) is 7.05 Å². The smallest absolute Gasteiger partial charge is 0.251 e. The highest BCUT2D eigenvalue weighted by Gasteiger charge is 2.08. The minimum Gasteiger partial charge on any atom is -0.351 e. The molecule has 100 valence electrons. The molecule has 0 aliphatic rings. The van der Waals surface area contributed by atoms with E-state index >= 15 is 0 Å². The van der Waals surface area contributed by atoms with Crippen molar-refractivity contribution in [2.24, 2.45) is 0 Å². The zero-order valence-corrected chi connectivity index (χ0v) is 13.2. The molecule has 0 atom stereocenters. The van der Waals surface area contributed by atoms with Crippen LogP contribution >= 0.6 is 27.5 Å². The molecule has 1 rings (SSSR count). The van der Waals surface area contributed by atoms with Crippen LogP contribution in [0, 0.1) is 0 Å². The van der Waals surface area contributed by atoms with Gasteiger partial charge in [-0.25, -0.2) is 0 Å². The predicted molar refractivity (Wildman–Crippen MR) is 79.3 cm³/mol. The summed E-state index contributed by atoms with van der Waals surface area (Å²) in [7, 11) is 2.04. The number of likely N-dealkylation sites (N-methyl/N-ethyl adjacent to an activating group) is 1. The first kappa shape index (κ1) is 15.5. The van der Waals surface area contributed by atoms with Crippen molar-refractivity contribution in [3.63, 3.8) is 0 Å². The summed E-state index contributed by atoms with van der Waals surface area (Å²) >= 11 is 9.24. The lowest BCUT2D eigenvalue weighted by Gasteiger charge is -2.20. The molecular weight excluding hydrogens is 316 g/mol. The lowest BCUT2D eigenvalue weighted by Crippen LogP contribution is -2.36. The van der Waals surface area contributed by atoms with Crippen LogP contribution in [0.1, 0.15) is 24.2 Å². The van der Waals surface area contributed by atoms with E-state index in [1.165, 1.54) is 0 Å². The zero-order chi connectivity index (χ0) is 13.7. The second kappa shape index (κ2) is 7.12. The number of carbonyl (C=O) groups excluding carboxylic acids is 1. The van der Waals surface area contributed by atoms with Crippen LogP contribution in [0.3, 0.4) is 0 Å². The fourth-order valence-electron chi connectivity index (χ4n) is 1.34. The van der Waals surface area contributed by atoms with Crippen molar-refractivity contribution >= 4 is 33.4 Å². The van der Waals surface area contributed by atoms with Gasteiger partial charge >= 0.3 is 0 Å². The van der Waals surface area contributed by atoms with Crippen molar-refractivity contribution in [1.29, 1.82) is 0 Å². The average molecular weight is 334 g/mol. The highest BCUT2D eigenvalue weighted by Crippen LogP contribution is 2.23. The van der Waals surface area contributed by atoms with Crippen LogP contribution in [-0.4, -0.2) is 37.0 Å². The molecule has 0 saturated carbocycles. The summed E-state index contributed by atoms with van der Waals surface area (Å²) < 4.78 is 0.792. The number of nitrogens with one attached hydrogen (secondary N) is 1. The largest absolute Gasteiger partial charge is 0.351 e. The molecule has 0 aliphatic carbocycles. The lowest BCUT2D eigenvalue weighted by molar-refractivity contribution is 0.0948. The highest BCUT2D eigenvalue weighted by atomic mass is 79.9. The molecule has 1 amide bonds. The highest BCUT2D eigenvalue weighted by molar-refractivity contribution is 9.10. The second-order valence-electron chi connectivity index (χ2n) is 4.46. The van der Waals surface area contributed by atoms with Crippen LogP contribution in [0.25, 0.3) is 0 Å². The number of hydrogen-bond acceptors (Lipinski definition) is 2. The molecule has 0 aliphatic heterocycles. The van der Waals surface area contributed by atoms with Crippen molar-refractivity contribution < 1.29 is 4.79 Å². The van der Waals surface area contributed by atoms with Crippen molar-refractivity contribution in [2.45, 2.75) is 19.9 Å². The molecule has 1 N–H and O–H groups in total. The number of benzene rings is 1. The molecule has 1 aromatic carbocycles. The van der Waals surface area contributed by atoms with Crippen LogP contribution in [0.5, 0.6) is 0 Å². The maximum atomic E-state index is 11.9. The Labute approximate surface area is 122 Å². The first-order valence-corrected chi connectivity index (χ1v) is 7.02. The molecule has 0 saturated heterocycles. The van der Waals surface area contributed by atoms with Gasteiger partial charge < -0.3 is 10.2 Å². The van der Waals surface area contributed by atoms with E-state index in [9.17, 15) is 4.79 Å². The number of hydrogen-bond donors (Lipinski definition) is 1. The van der Waals surface area contributed by atoms with E-state index in [2.05, 4.69) is 40.0 Å². The zero-order valence-electron chi connectivity index (χ0n) is 10.8. The van der Waals surface area contributed by atoms with Gasteiger partial charge in [0, 0.05) is 29.2 Å². The fraction of sp³-hybridized carbons (Fsp3) is 0.462. The molecule has 0 bridgehead atoms. The fourth-order valence-corrected chi connectivity index (χ4v) is 1.77. The maximum Gasteiger partial charge on any atom is 0.251 e. The Balaban J connectivity index is 2.48. The van der Waals surface area contributed by atoms with Gasteiger partial charge in [0.2, 0.25) is 0 Å².